The van der Waals surface area contributed by atoms with Crippen LogP contribution in [0.25, 0.3) is 0 Å². The number of carbonyl (C=O) groups is 1. The molecule has 1 fully saturated rings. The average Bonchev–Trinajstić information content (AvgIpc) is 3.09. The standard InChI is InChI=1S/C15H19N3O4S2/c1-10(24-15(23)17-7-3-4-8-17)14(19)16-12-9-11(18(20)21)5-6-13(12)22-2/h5-6,9-10H,3-4,7-8H2,1-2H3,(H,16,19)/t10-/m1/s1. The van der Waals surface area contributed by atoms with Crippen molar-refractivity contribution in [3.63, 3.8) is 0 Å². The summed E-state index contributed by atoms with van der Waals surface area (Å²) in [6.45, 7) is 3.62. The molecule has 1 N–H and O–H groups in total. The van der Waals surface area contributed by atoms with E-state index < -0.39 is 10.2 Å². The van der Waals surface area contributed by atoms with Gasteiger partial charge in [-0.05, 0) is 25.8 Å². The number of nitrogens with one attached hydrogen (secondary N) is 1. The van der Waals surface area contributed by atoms with E-state index in [9.17, 15) is 14.9 Å². The van der Waals surface area contributed by atoms with Gasteiger partial charge >= 0.3 is 0 Å². The Balaban J connectivity index is 2.03. The van der Waals surface area contributed by atoms with Crippen molar-refractivity contribution in [1.29, 1.82) is 0 Å². The fraction of sp³-hybridized carbons (Fsp3) is 0.467. The highest BCUT2D eigenvalue weighted by molar-refractivity contribution is 8.23. The predicted molar refractivity (Wildman–Crippen MR) is 98.7 cm³/mol. The topological polar surface area (TPSA) is 84.7 Å². The smallest absolute Gasteiger partial charge is 0.271 e. The van der Waals surface area contributed by atoms with Crippen LogP contribution in [0.15, 0.2) is 18.2 Å². The van der Waals surface area contributed by atoms with Crippen LogP contribution in [0.5, 0.6) is 5.75 Å². The van der Waals surface area contributed by atoms with Crippen LogP contribution in [0.1, 0.15) is 19.8 Å². The van der Waals surface area contributed by atoms with E-state index in [2.05, 4.69) is 10.2 Å². The molecule has 0 aromatic heterocycles. The molecule has 1 saturated heterocycles. The third-order valence-corrected chi connectivity index (χ3v) is 5.24. The molecular formula is C15H19N3O4S2. The third kappa shape index (κ3) is 4.57. The molecule has 7 nitrogen and oxygen atoms in total. The number of hydrogen-bond acceptors (Lipinski definition) is 6. The maximum absolute atomic E-state index is 12.4. The molecule has 0 unspecified atom stereocenters. The molecule has 1 aromatic carbocycles. The van der Waals surface area contributed by atoms with Gasteiger partial charge in [0.15, 0.2) is 0 Å². The van der Waals surface area contributed by atoms with E-state index in [0.717, 1.165) is 25.9 Å². The minimum absolute atomic E-state index is 0.112. The SMILES string of the molecule is COc1ccc([N+](=O)[O-])cc1NC(=O)[C@@H](C)SC(=S)N1CCCC1. The van der Waals surface area contributed by atoms with E-state index in [1.807, 2.05) is 0 Å². The Bertz CT molecular complexity index is 648. The number of likely N-dealkylation sites (tertiary alicyclic amines) is 1. The lowest BCUT2D eigenvalue weighted by molar-refractivity contribution is -0.384. The van der Waals surface area contributed by atoms with Crippen molar-refractivity contribution in [1.82, 2.24) is 4.90 Å². The Morgan fingerprint density at radius 3 is 2.71 bits per heavy atom. The quantitative estimate of drug-likeness (QED) is 0.485. The minimum atomic E-state index is -0.518. The summed E-state index contributed by atoms with van der Waals surface area (Å²) >= 11 is 6.69. The van der Waals surface area contributed by atoms with Crippen molar-refractivity contribution in [2.24, 2.45) is 0 Å². The molecule has 2 rings (SSSR count). The molecule has 9 heteroatoms. The third-order valence-electron chi connectivity index (χ3n) is 3.66. The molecule has 0 radical (unpaired) electrons. The number of ether oxygens (including phenoxy) is 1. The lowest BCUT2D eigenvalue weighted by Gasteiger charge is -2.20. The van der Waals surface area contributed by atoms with E-state index in [-0.39, 0.29) is 17.3 Å². The van der Waals surface area contributed by atoms with Crippen LogP contribution in [0.2, 0.25) is 0 Å². The van der Waals surface area contributed by atoms with Gasteiger partial charge in [0.25, 0.3) is 5.69 Å². The molecular weight excluding hydrogens is 350 g/mol. The van der Waals surface area contributed by atoms with Crippen molar-refractivity contribution >= 4 is 45.6 Å². The van der Waals surface area contributed by atoms with Gasteiger partial charge in [0.2, 0.25) is 5.91 Å². The van der Waals surface area contributed by atoms with Crippen LogP contribution >= 0.6 is 24.0 Å². The van der Waals surface area contributed by atoms with Gasteiger partial charge in [0.1, 0.15) is 10.1 Å². The van der Waals surface area contributed by atoms with E-state index in [1.54, 1.807) is 6.92 Å². The lowest BCUT2D eigenvalue weighted by atomic mass is 10.2. The number of nitrogens with zero attached hydrogens (tertiary/aromatic N) is 2. The van der Waals surface area contributed by atoms with Crippen molar-refractivity contribution in [3.05, 3.63) is 28.3 Å². The van der Waals surface area contributed by atoms with Gasteiger partial charge in [0.05, 0.1) is 23.0 Å². The van der Waals surface area contributed by atoms with Crippen LogP contribution in [-0.2, 0) is 4.79 Å². The Kier molecular flexibility index (Phi) is 6.38. The number of anilines is 1. The Morgan fingerprint density at radius 1 is 1.46 bits per heavy atom. The zero-order valence-electron chi connectivity index (χ0n) is 13.5. The fourth-order valence-corrected chi connectivity index (χ4v) is 3.74. The summed E-state index contributed by atoms with van der Waals surface area (Å²) in [7, 11) is 1.44. The number of amides is 1. The van der Waals surface area contributed by atoms with Crippen molar-refractivity contribution in [3.8, 4) is 5.75 Å². The van der Waals surface area contributed by atoms with E-state index in [1.165, 1.54) is 37.1 Å². The summed E-state index contributed by atoms with van der Waals surface area (Å²) in [4.78, 5) is 24.8. The number of methoxy groups -OCH3 is 1. The second kappa shape index (κ2) is 8.29. The molecule has 1 aliphatic rings. The molecule has 0 bridgehead atoms. The van der Waals surface area contributed by atoms with Gasteiger partial charge in [-0.1, -0.05) is 24.0 Å². The highest BCUT2D eigenvalue weighted by atomic mass is 32.2. The summed E-state index contributed by atoms with van der Waals surface area (Å²) < 4.78 is 5.85. The molecule has 1 aromatic rings. The molecule has 130 valence electrons. The van der Waals surface area contributed by atoms with Crippen LogP contribution in [0.3, 0.4) is 0 Å². The van der Waals surface area contributed by atoms with Gasteiger partial charge < -0.3 is 15.0 Å². The summed E-state index contributed by atoms with van der Waals surface area (Å²) in [6.07, 6.45) is 2.23. The van der Waals surface area contributed by atoms with Gasteiger partial charge in [-0.3, -0.25) is 14.9 Å². The van der Waals surface area contributed by atoms with Crippen molar-refractivity contribution < 1.29 is 14.5 Å². The van der Waals surface area contributed by atoms with Gasteiger partial charge in [0, 0.05) is 25.2 Å². The molecule has 0 aliphatic carbocycles. The lowest BCUT2D eigenvalue weighted by Crippen LogP contribution is -2.29. The largest absolute Gasteiger partial charge is 0.495 e. The summed E-state index contributed by atoms with van der Waals surface area (Å²) in [6, 6.07) is 4.07. The van der Waals surface area contributed by atoms with Crippen molar-refractivity contribution in [2.75, 3.05) is 25.5 Å². The number of thioether (sulfide) groups is 1. The van der Waals surface area contributed by atoms with Crippen LogP contribution in [0, 0.1) is 10.1 Å². The molecule has 0 saturated carbocycles. The maximum Gasteiger partial charge on any atom is 0.271 e. The summed E-state index contributed by atoms with van der Waals surface area (Å²) in [5.41, 5.74) is 0.162. The second-order valence-corrected chi connectivity index (χ2v) is 7.33. The number of benzene rings is 1. The first-order valence-electron chi connectivity index (χ1n) is 7.51. The molecule has 1 heterocycles. The monoisotopic (exact) mass is 369 g/mol. The summed E-state index contributed by atoms with van der Waals surface area (Å²) in [5.74, 6) is 0.0913. The maximum atomic E-state index is 12.4. The fourth-order valence-electron chi connectivity index (χ4n) is 2.32. The average molecular weight is 369 g/mol. The number of nitro groups is 1. The number of thiocarbonyl (C=S) groups is 1. The van der Waals surface area contributed by atoms with Crippen LogP contribution < -0.4 is 10.1 Å². The molecule has 0 spiro atoms. The number of carbonyl (C=O) groups excluding carboxylic acids is 1. The van der Waals surface area contributed by atoms with Gasteiger partial charge in [-0.2, -0.15) is 0 Å². The molecule has 24 heavy (non-hydrogen) atoms. The summed E-state index contributed by atoms with van der Waals surface area (Å²) in [5, 5.41) is 13.2. The Labute approximate surface area is 149 Å². The number of non-ortho nitro benzene ring substituents is 1. The normalized spacial score (nSPS) is 15.0. The van der Waals surface area contributed by atoms with Crippen LogP contribution in [0.4, 0.5) is 11.4 Å². The Morgan fingerprint density at radius 2 is 2.12 bits per heavy atom. The van der Waals surface area contributed by atoms with Gasteiger partial charge in [-0.25, -0.2) is 0 Å². The van der Waals surface area contributed by atoms with E-state index >= 15 is 0 Å². The van der Waals surface area contributed by atoms with Gasteiger partial charge in [-0.15, -0.1) is 0 Å². The number of hydrogen-bond donors (Lipinski definition) is 1. The van der Waals surface area contributed by atoms with Crippen LogP contribution in [-0.4, -0.2) is 45.5 Å². The van der Waals surface area contributed by atoms with E-state index in [4.69, 9.17) is 17.0 Å². The zero-order valence-corrected chi connectivity index (χ0v) is 15.1. The highest BCUT2D eigenvalue weighted by Gasteiger charge is 2.22. The first-order chi connectivity index (χ1) is 11.4. The number of nitro benzene ring substituents is 1. The molecule has 1 amide bonds. The Hall–Kier alpha value is -1.87. The molecule has 1 atom stereocenters. The van der Waals surface area contributed by atoms with Crippen molar-refractivity contribution in [2.45, 2.75) is 25.0 Å². The molecule has 1 aliphatic heterocycles. The highest BCUT2D eigenvalue weighted by Crippen LogP contribution is 2.30. The predicted octanol–water partition coefficient (Wildman–Crippen LogP) is 3.04. The van der Waals surface area contributed by atoms with E-state index in [0.29, 0.717) is 10.1 Å². The zero-order chi connectivity index (χ0) is 17.7. The first-order valence-corrected chi connectivity index (χ1v) is 8.80. The first kappa shape index (κ1) is 18.5. The minimum Gasteiger partial charge on any atom is -0.495 e. The number of rotatable bonds is 5. The second-order valence-electron chi connectivity index (χ2n) is 5.35.